The number of nitro groups is 1. The molecule has 0 aromatic heterocycles. The molecule has 26 heavy (non-hydrogen) atoms. The van der Waals surface area contributed by atoms with Gasteiger partial charge in [0.25, 0.3) is 5.69 Å². The molecular weight excluding hydrogens is 354 g/mol. The molecule has 8 heteroatoms. The first-order valence-electron chi connectivity index (χ1n) is 8.37. The van der Waals surface area contributed by atoms with Crippen LogP contribution >= 0.6 is 0 Å². The van der Waals surface area contributed by atoms with Crippen molar-refractivity contribution >= 4 is 21.4 Å². The highest BCUT2D eigenvalue weighted by molar-refractivity contribution is 7.89. The van der Waals surface area contributed by atoms with Crippen LogP contribution in [0, 0.1) is 17.0 Å². The minimum Gasteiger partial charge on any atom is -0.381 e. The molecule has 0 bridgehead atoms. The monoisotopic (exact) mass is 377 g/mol. The zero-order valence-corrected chi connectivity index (χ0v) is 15.9. The Kier molecular flexibility index (Phi) is 6.33. The maximum Gasteiger partial charge on any atom is 0.269 e. The second-order valence-electron chi connectivity index (χ2n) is 5.85. The minimum atomic E-state index is -3.55. The predicted octanol–water partition coefficient (Wildman–Crippen LogP) is 3.55. The molecule has 0 saturated carbocycles. The quantitative estimate of drug-likeness (QED) is 0.561. The van der Waals surface area contributed by atoms with E-state index in [9.17, 15) is 18.5 Å². The van der Waals surface area contributed by atoms with Gasteiger partial charge in [-0.3, -0.25) is 10.1 Å². The number of non-ortho nitro benzene ring substituents is 1. The summed E-state index contributed by atoms with van der Waals surface area (Å²) in [7, 11) is -3.55. The summed E-state index contributed by atoms with van der Waals surface area (Å²) in [6.07, 6.45) is 0. The summed E-state index contributed by atoms with van der Waals surface area (Å²) in [6, 6.07) is 11.5. The number of nitrogens with one attached hydrogen (secondary N) is 1. The van der Waals surface area contributed by atoms with Crippen LogP contribution in [0.5, 0.6) is 0 Å². The normalized spacial score (nSPS) is 11.5. The van der Waals surface area contributed by atoms with Gasteiger partial charge in [-0.2, -0.15) is 4.31 Å². The van der Waals surface area contributed by atoms with Gasteiger partial charge in [0.15, 0.2) is 0 Å². The van der Waals surface area contributed by atoms with Crippen molar-refractivity contribution in [3.05, 3.63) is 63.7 Å². The molecule has 0 radical (unpaired) electrons. The van der Waals surface area contributed by atoms with Gasteiger partial charge in [0.05, 0.1) is 9.82 Å². The Morgan fingerprint density at radius 2 is 1.81 bits per heavy atom. The molecular formula is C18H23N3O4S. The molecule has 0 fully saturated rings. The van der Waals surface area contributed by atoms with E-state index in [0.29, 0.717) is 30.9 Å². The van der Waals surface area contributed by atoms with Gasteiger partial charge in [0.1, 0.15) is 0 Å². The predicted molar refractivity (Wildman–Crippen MR) is 102 cm³/mol. The van der Waals surface area contributed by atoms with Crippen molar-refractivity contribution in [3.8, 4) is 0 Å². The molecule has 0 unspecified atom stereocenters. The summed E-state index contributed by atoms with van der Waals surface area (Å²) in [4.78, 5) is 10.7. The van der Waals surface area contributed by atoms with Crippen molar-refractivity contribution in [2.75, 3.05) is 18.4 Å². The number of nitrogens with zero attached hydrogens (tertiary/aromatic N) is 2. The van der Waals surface area contributed by atoms with Gasteiger partial charge in [-0.25, -0.2) is 8.42 Å². The average Bonchev–Trinajstić information content (AvgIpc) is 2.62. The van der Waals surface area contributed by atoms with Crippen LogP contribution in [-0.2, 0) is 16.6 Å². The lowest BCUT2D eigenvalue weighted by Gasteiger charge is -2.20. The molecule has 0 spiro atoms. The van der Waals surface area contributed by atoms with Crippen LogP contribution < -0.4 is 5.32 Å². The van der Waals surface area contributed by atoms with E-state index in [0.717, 1.165) is 5.56 Å². The lowest BCUT2D eigenvalue weighted by atomic mass is 10.2. The molecule has 0 aliphatic heterocycles. The second-order valence-corrected chi connectivity index (χ2v) is 7.76. The zero-order valence-electron chi connectivity index (χ0n) is 15.1. The summed E-state index contributed by atoms with van der Waals surface area (Å²) in [5.74, 6) is 0. The third-order valence-electron chi connectivity index (χ3n) is 4.13. The number of nitro benzene ring substituents is 1. The van der Waals surface area contributed by atoms with Crippen LogP contribution in [-0.4, -0.2) is 30.7 Å². The number of hydrogen-bond acceptors (Lipinski definition) is 5. The SMILES string of the molecule is CCN(CC)S(=O)(=O)c1cc(NCc2cccc([N+](=O)[O-])c2)ccc1C. The highest BCUT2D eigenvalue weighted by atomic mass is 32.2. The summed E-state index contributed by atoms with van der Waals surface area (Å²) in [6.45, 7) is 6.55. The van der Waals surface area contributed by atoms with Gasteiger partial charge >= 0.3 is 0 Å². The van der Waals surface area contributed by atoms with Crippen LogP contribution in [0.3, 0.4) is 0 Å². The Hall–Kier alpha value is -2.45. The van der Waals surface area contributed by atoms with Gasteiger partial charge in [-0.05, 0) is 30.2 Å². The maximum atomic E-state index is 12.8. The van der Waals surface area contributed by atoms with Crippen molar-refractivity contribution in [3.63, 3.8) is 0 Å². The average molecular weight is 377 g/mol. The standard InChI is InChI=1S/C18H23N3O4S/c1-4-20(5-2)26(24,25)18-12-16(10-9-14(18)3)19-13-15-7-6-8-17(11-15)21(22)23/h6-12,19H,4-5,13H2,1-3H3. The molecule has 2 aromatic rings. The lowest BCUT2D eigenvalue weighted by molar-refractivity contribution is -0.384. The van der Waals surface area contributed by atoms with Crippen molar-refractivity contribution in [2.45, 2.75) is 32.2 Å². The molecule has 0 heterocycles. The molecule has 0 aliphatic rings. The summed E-state index contributed by atoms with van der Waals surface area (Å²) in [5.41, 5.74) is 2.09. The lowest BCUT2D eigenvalue weighted by Crippen LogP contribution is -2.31. The van der Waals surface area contributed by atoms with Gasteiger partial charge in [-0.1, -0.05) is 32.0 Å². The van der Waals surface area contributed by atoms with Crippen LogP contribution in [0.4, 0.5) is 11.4 Å². The van der Waals surface area contributed by atoms with Crippen molar-refractivity contribution in [2.24, 2.45) is 0 Å². The third-order valence-corrected chi connectivity index (χ3v) is 6.32. The molecule has 2 aromatic carbocycles. The van der Waals surface area contributed by atoms with E-state index in [-0.39, 0.29) is 10.6 Å². The first kappa shape index (κ1) is 19.9. The van der Waals surface area contributed by atoms with Crippen LogP contribution in [0.15, 0.2) is 47.4 Å². The Labute approximate surface area is 153 Å². The molecule has 0 saturated heterocycles. The van der Waals surface area contributed by atoms with E-state index in [4.69, 9.17) is 0 Å². The molecule has 0 aliphatic carbocycles. The van der Waals surface area contributed by atoms with E-state index in [1.807, 2.05) is 0 Å². The maximum absolute atomic E-state index is 12.8. The number of aryl methyl sites for hydroxylation is 1. The van der Waals surface area contributed by atoms with Crippen molar-refractivity contribution in [1.29, 1.82) is 0 Å². The fourth-order valence-electron chi connectivity index (χ4n) is 2.67. The molecule has 7 nitrogen and oxygen atoms in total. The summed E-state index contributed by atoms with van der Waals surface area (Å²) >= 11 is 0. The number of rotatable bonds is 8. The van der Waals surface area contributed by atoms with E-state index in [1.54, 1.807) is 51.1 Å². The molecule has 2 rings (SSSR count). The minimum absolute atomic E-state index is 0.0259. The first-order chi connectivity index (χ1) is 12.3. The number of benzene rings is 2. The van der Waals surface area contributed by atoms with Gasteiger partial charge in [0.2, 0.25) is 10.0 Å². The van der Waals surface area contributed by atoms with Gasteiger partial charge < -0.3 is 5.32 Å². The smallest absolute Gasteiger partial charge is 0.269 e. The second kappa shape index (κ2) is 8.29. The molecule has 1 N–H and O–H groups in total. The number of sulfonamides is 1. The van der Waals surface area contributed by atoms with Crippen LogP contribution in [0.25, 0.3) is 0 Å². The number of anilines is 1. The first-order valence-corrected chi connectivity index (χ1v) is 9.81. The fourth-order valence-corrected chi connectivity index (χ4v) is 4.38. The number of hydrogen-bond donors (Lipinski definition) is 1. The Balaban J connectivity index is 2.25. The van der Waals surface area contributed by atoms with Crippen molar-refractivity contribution < 1.29 is 13.3 Å². The van der Waals surface area contributed by atoms with Crippen molar-refractivity contribution in [1.82, 2.24) is 4.31 Å². The summed E-state index contributed by atoms with van der Waals surface area (Å²) < 4.78 is 27.0. The zero-order chi connectivity index (χ0) is 19.3. The van der Waals surface area contributed by atoms with E-state index in [1.165, 1.54) is 16.4 Å². The third kappa shape index (κ3) is 4.39. The molecule has 0 amide bonds. The topological polar surface area (TPSA) is 92.6 Å². The fraction of sp³-hybridized carbons (Fsp3) is 0.333. The van der Waals surface area contributed by atoms with Gasteiger partial charge in [0, 0.05) is 37.5 Å². The van der Waals surface area contributed by atoms with Crippen LogP contribution in [0.2, 0.25) is 0 Å². The Morgan fingerprint density at radius 1 is 1.12 bits per heavy atom. The largest absolute Gasteiger partial charge is 0.381 e. The summed E-state index contributed by atoms with van der Waals surface area (Å²) in [5, 5.41) is 14.0. The Morgan fingerprint density at radius 3 is 2.42 bits per heavy atom. The molecule has 140 valence electrons. The van der Waals surface area contributed by atoms with E-state index >= 15 is 0 Å². The van der Waals surface area contributed by atoms with Gasteiger partial charge in [-0.15, -0.1) is 0 Å². The van der Waals surface area contributed by atoms with E-state index in [2.05, 4.69) is 5.32 Å². The highest BCUT2D eigenvalue weighted by Crippen LogP contribution is 2.24. The highest BCUT2D eigenvalue weighted by Gasteiger charge is 2.23. The van der Waals surface area contributed by atoms with Crippen LogP contribution in [0.1, 0.15) is 25.0 Å². The van der Waals surface area contributed by atoms with E-state index < -0.39 is 14.9 Å². The molecule has 0 atom stereocenters. The Bertz CT molecular complexity index is 893.